The number of carboxylic acid groups (broad SMARTS) is 1. The van der Waals surface area contributed by atoms with Gasteiger partial charge in [0.15, 0.2) is 0 Å². The third-order valence-corrected chi connectivity index (χ3v) is 2.54. The van der Waals surface area contributed by atoms with Crippen molar-refractivity contribution in [1.82, 2.24) is 5.32 Å². The molecule has 0 aromatic carbocycles. The van der Waals surface area contributed by atoms with Crippen molar-refractivity contribution in [3.05, 3.63) is 0 Å². The zero-order valence-corrected chi connectivity index (χ0v) is 8.47. The molecule has 1 aliphatic rings. The molecule has 0 atom stereocenters. The normalized spacial score (nSPS) is 19.2. The van der Waals surface area contributed by atoms with E-state index < -0.39 is 5.97 Å². The Kier molecular flexibility index (Phi) is 3.31. The molecule has 0 spiro atoms. The Labute approximate surface area is 79.5 Å². The highest BCUT2D eigenvalue weighted by atomic mass is 16.4. The van der Waals surface area contributed by atoms with Crippen molar-refractivity contribution in [2.75, 3.05) is 0 Å². The van der Waals surface area contributed by atoms with Gasteiger partial charge in [0.05, 0.1) is 6.42 Å². The Morgan fingerprint density at radius 2 is 2.00 bits per heavy atom. The van der Waals surface area contributed by atoms with Gasteiger partial charge in [-0.2, -0.15) is 0 Å². The van der Waals surface area contributed by atoms with Crippen LogP contribution in [-0.4, -0.2) is 22.7 Å². The number of carbonyl (C=O) groups is 1. The molecule has 0 amide bonds. The van der Waals surface area contributed by atoms with Crippen LogP contribution in [0.5, 0.6) is 0 Å². The Morgan fingerprint density at radius 3 is 2.46 bits per heavy atom. The summed E-state index contributed by atoms with van der Waals surface area (Å²) in [5.41, 5.74) is -0.263. The second-order valence-electron chi connectivity index (χ2n) is 4.58. The molecule has 0 aromatic rings. The summed E-state index contributed by atoms with van der Waals surface area (Å²) in [6.45, 7) is 3.92. The molecule has 0 radical (unpaired) electrons. The van der Waals surface area contributed by atoms with Crippen molar-refractivity contribution in [2.24, 2.45) is 0 Å². The summed E-state index contributed by atoms with van der Waals surface area (Å²) >= 11 is 0. The maximum atomic E-state index is 10.5. The van der Waals surface area contributed by atoms with Crippen LogP contribution >= 0.6 is 0 Å². The molecule has 0 bridgehead atoms. The maximum Gasteiger partial charge on any atom is 0.305 e. The van der Waals surface area contributed by atoms with Crippen LogP contribution in [0.2, 0.25) is 0 Å². The molecule has 1 fully saturated rings. The van der Waals surface area contributed by atoms with Crippen LogP contribution in [0.3, 0.4) is 0 Å². The van der Waals surface area contributed by atoms with Crippen LogP contribution in [-0.2, 0) is 4.79 Å². The summed E-state index contributed by atoms with van der Waals surface area (Å²) in [7, 11) is 0. The van der Waals surface area contributed by atoms with E-state index in [0.29, 0.717) is 6.04 Å². The average Bonchev–Trinajstić information content (AvgIpc) is 2.34. The van der Waals surface area contributed by atoms with E-state index in [1.54, 1.807) is 0 Å². The fourth-order valence-corrected chi connectivity index (χ4v) is 2.05. The van der Waals surface area contributed by atoms with E-state index in [1.807, 2.05) is 13.8 Å². The van der Waals surface area contributed by atoms with Gasteiger partial charge in [0.25, 0.3) is 0 Å². The largest absolute Gasteiger partial charge is 0.481 e. The zero-order valence-electron chi connectivity index (χ0n) is 8.47. The molecule has 0 aromatic heterocycles. The van der Waals surface area contributed by atoms with E-state index in [0.717, 1.165) is 0 Å². The van der Waals surface area contributed by atoms with Crippen LogP contribution in [0.1, 0.15) is 46.0 Å². The highest BCUT2D eigenvalue weighted by molar-refractivity contribution is 5.68. The third-order valence-electron chi connectivity index (χ3n) is 2.54. The fraction of sp³-hybridized carbons (Fsp3) is 0.900. The Bertz CT molecular complexity index is 183. The SMILES string of the molecule is CC(C)(CC(=O)O)NC1CCCC1. The Morgan fingerprint density at radius 1 is 1.46 bits per heavy atom. The highest BCUT2D eigenvalue weighted by Gasteiger charge is 2.26. The van der Waals surface area contributed by atoms with Crippen molar-refractivity contribution >= 4 is 5.97 Å². The molecule has 1 saturated carbocycles. The van der Waals surface area contributed by atoms with E-state index in [2.05, 4.69) is 5.32 Å². The monoisotopic (exact) mass is 185 g/mol. The minimum absolute atomic E-state index is 0.198. The molecule has 0 heterocycles. The second kappa shape index (κ2) is 4.09. The van der Waals surface area contributed by atoms with Crippen LogP contribution in [0.25, 0.3) is 0 Å². The Hall–Kier alpha value is -0.570. The molecule has 2 N–H and O–H groups in total. The first-order valence-electron chi connectivity index (χ1n) is 4.99. The molecule has 3 heteroatoms. The maximum absolute atomic E-state index is 10.5. The first-order chi connectivity index (χ1) is 5.99. The molecule has 0 unspecified atom stereocenters. The van der Waals surface area contributed by atoms with E-state index in [4.69, 9.17) is 5.11 Å². The van der Waals surface area contributed by atoms with Gasteiger partial charge in [0.2, 0.25) is 0 Å². The predicted molar refractivity (Wildman–Crippen MR) is 51.7 cm³/mol. The van der Waals surface area contributed by atoms with Gasteiger partial charge < -0.3 is 10.4 Å². The molecule has 76 valence electrons. The van der Waals surface area contributed by atoms with Gasteiger partial charge in [-0.1, -0.05) is 12.8 Å². The molecule has 13 heavy (non-hydrogen) atoms. The van der Waals surface area contributed by atoms with Crippen molar-refractivity contribution in [3.63, 3.8) is 0 Å². The van der Waals surface area contributed by atoms with Gasteiger partial charge in [-0.05, 0) is 26.7 Å². The Balaban J connectivity index is 2.35. The van der Waals surface area contributed by atoms with Crippen molar-refractivity contribution in [2.45, 2.75) is 57.5 Å². The number of nitrogens with one attached hydrogen (secondary N) is 1. The van der Waals surface area contributed by atoms with Gasteiger partial charge in [0, 0.05) is 11.6 Å². The lowest BCUT2D eigenvalue weighted by Gasteiger charge is -2.28. The number of hydrogen-bond donors (Lipinski definition) is 2. The summed E-state index contributed by atoms with van der Waals surface area (Å²) in [4.78, 5) is 10.5. The lowest BCUT2D eigenvalue weighted by Crippen LogP contribution is -2.46. The van der Waals surface area contributed by atoms with Gasteiger partial charge in [0.1, 0.15) is 0 Å². The fourth-order valence-electron chi connectivity index (χ4n) is 2.05. The minimum Gasteiger partial charge on any atom is -0.481 e. The number of carboxylic acids is 1. The van der Waals surface area contributed by atoms with Crippen molar-refractivity contribution in [1.29, 1.82) is 0 Å². The smallest absolute Gasteiger partial charge is 0.305 e. The first-order valence-corrected chi connectivity index (χ1v) is 4.99. The van der Waals surface area contributed by atoms with Crippen LogP contribution in [0.15, 0.2) is 0 Å². The zero-order chi connectivity index (χ0) is 9.90. The summed E-state index contributed by atoms with van der Waals surface area (Å²) < 4.78 is 0. The van der Waals surface area contributed by atoms with E-state index >= 15 is 0 Å². The highest BCUT2D eigenvalue weighted by Crippen LogP contribution is 2.21. The lowest BCUT2D eigenvalue weighted by molar-refractivity contribution is -0.138. The molecule has 0 aliphatic heterocycles. The second-order valence-corrected chi connectivity index (χ2v) is 4.58. The van der Waals surface area contributed by atoms with Gasteiger partial charge in [-0.25, -0.2) is 0 Å². The van der Waals surface area contributed by atoms with Crippen LogP contribution < -0.4 is 5.32 Å². The molecular formula is C10H19NO2. The molecular weight excluding hydrogens is 166 g/mol. The number of aliphatic carboxylic acids is 1. The molecule has 0 saturated heterocycles. The van der Waals surface area contributed by atoms with Gasteiger partial charge in [-0.15, -0.1) is 0 Å². The lowest BCUT2D eigenvalue weighted by atomic mass is 9.99. The van der Waals surface area contributed by atoms with Crippen LogP contribution in [0.4, 0.5) is 0 Å². The topological polar surface area (TPSA) is 49.3 Å². The molecule has 1 rings (SSSR count). The summed E-state index contributed by atoms with van der Waals surface area (Å²) in [5, 5.41) is 12.1. The standard InChI is InChI=1S/C10H19NO2/c1-10(2,7-9(12)13)11-8-5-3-4-6-8/h8,11H,3-7H2,1-2H3,(H,12,13). The minimum atomic E-state index is -0.726. The van der Waals surface area contributed by atoms with Crippen LogP contribution in [0, 0.1) is 0 Å². The van der Waals surface area contributed by atoms with Crippen molar-refractivity contribution < 1.29 is 9.90 Å². The molecule has 1 aliphatic carbocycles. The van der Waals surface area contributed by atoms with E-state index in [-0.39, 0.29) is 12.0 Å². The summed E-state index contributed by atoms with van der Waals surface area (Å²) in [6.07, 6.45) is 5.15. The van der Waals surface area contributed by atoms with Gasteiger partial charge >= 0.3 is 5.97 Å². The predicted octanol–water partition coefficient (Wildman–Crippen LogP) is 1.77. The quantitative estimate of drug-likeness (QED) is 0.701. The summed E-state index contributed by atoms with van der Waals surface area (Å²) in [5.74, 6) is -0.726. The first kappa shape index (κ1) is 10.5. The molecule has 3 nitrogen and oxygen atoms in total. The summed E-state index contributed by atoms with van der Waals surface area (Å²) in [6, 6.07) is 0.536. The van der Waals surface area contributed by atoms with Crippen molar-refractivity contribution in [3.8, 4) is 0 Å². The number of rotatable bonds is 4. The van der Waals surface area contributed by atoms with E-state index in [9.17, 15) is 4.79 Å². The average molecular weight is 185 g/mol. The van der Waals surface area contributed by atoms with E-state index in [1.165, 1.54) is 25.7 Å². The van der Waals surface area contributed by atoms with Gasteiger partial charge in [-0.3, -0.25) is 4.79 Å². The third kappa shape index (κ3) is 3.77. The number of hydrogen-bond acceptors (Lipinski definition) is 2.